The van der Waals surface area contributed by atoms with Gasteiger partial charge in [0, 0.05) is 25.2 Å². The number of nitrogens with zero attached hydrogens (tertiary/aromatic N) is 8. The van der Waals surface area contributed by atoms with E-state index in [9.17, 15) is 29.1 Å². The highest BCUT2D eigenvalue weighted by atomic mass is 35.5. The highest BCUT2D eigenvalue weighted by Crippen LogP contribution is 2.46. The van der Waals surface area contributed by atoms with E-state index >= 15 is 0 Å². The molecule has 1 aliphatic carbocycles. The second-order valence-electron chi connectivity index (χ2n) is 13.4. The molecule has 2 aromatic carbocycles. The molecule has 3 aromatic heterocycles. The lowest BCUT2D eigenvalue weighted by atomic mass is 9.91. The average molecular weight is 758 g/mol. The molecule has 3 N–H and O–H groups in total. The van der Waals surface area contributed by atoms with Gasteiger partial charge in [-0.2, -0.15) is 20.6 Å². The number of aliphatic hydroxyl groups excluding tert-OH is 1. The molecule has 5 aromatic rings. The van der Waals surface area contributed by atoms with E-state index in [1.165, 1.54) is 34.7 Å². The fourth-order valence-corrected chi connectivity index (χ4v) is 7.00. The lowest BCUT2D eigenvalue weighted by Crippen LogP contribution is -2.55. The van der Waals surface area contributed by atoms with Crippen LogP contribution >= 0.6 is 23.2 Å². The molecule has 4 heterocycles. The van der Waals surface area contributed by atoms with E-state index in [2.05, 4.69) is 37.0 Å². The van der Waals surface area contributed by atoms with Gasteiger partial charge in [-0.25, -0.2) is 14.3 Å². The second kappa shape index (κ2) is 13.4. The van der Waals surface area contributed by atoms with E-state index in [0.29, 0.717) is 35.4 Å². The molecule has 0 bridgehead atoms. The summed E-state index contributed by atoms with van der Waals surface area (Å²) in [5.41, 5.74) is 0.688. The van der Waals surface area contributed by atoms with Crippen LogP contribution in [0.4, 0.5) is 16.0 Å². The van der Waals surface area contributed by atoms with Crippen LogP contribution < -0.4 is 15.5 Å². The van der Waals surface area contributed by atoms with Crippen LogP contribution in [0.15, 0.2) is 67.1 Å². The predicted octanol–water partition coefficient (Wildman–Crippen LogP) is 4.31. The standard InChI is InChI=1S/C36H31Cl2FN10O4/c1-19(50)30(32(52)44-36(10-11-36)28-9-8-26(45-46-28)22-16-42-47(3)18-22)43-31(51)27-17-41-34-48(23-12-24(37)29(39)25(38)13-23)33(53)35(2,49(27)34)14-20-4-6-21(15-40)7-5-20/h4-9,12-13,16-19,30,50H,10-11,14H2,1-3H3,(H,43,51)(H,44,52)/t19-,30+,35-/m1/s1. The number of aliphatic hydroxyl groups is 1. The number of aromatic nitrogens is 6. The zero-order valence-electron chi connectivity index (χ0n) is 28.5. The van der Waals surface area contributed by atoms with Gasteiger partial charge in [0.1, 0.15) is 17.3 Å². The number of fused-ring (bicyclic) bond motifs is 1. The Labute approximate surface area is 312 Å². The van der Waals surface area contributed by atoms with Gasteiger partial charge < -0.3 is 15.7 Å². The molecule has 2 aliphatic rings. The average Bonchev–Trinajstić information content (AvgIpc) is 3.45. The summed E-state index contributed by atoms with van der Waals surface area (Å²) in [4.78, 5) is 47.8. The zero-order valence-corrected chi connectivity index (χ0v) is 30.0. The molecule has 0 unspecified atom stereocenters. The minimum Gasteiger partial charge on any atom is -0.391 e. The van der Waals surface area contributed by atoms with Gasteiger partial charge in [0.2, 0.25) is 11.9 Å². The number of aryl methyl sites for hydroxylation is 1. The molecular formula is C36H31Cl2FN10O4. The normalized spacial score (nSPS) is 18.2. The van der Waals surface area contributed by atoms with Gasteiger partial charge in [-0.1, -0.05) is 35.3 Å². The molecular weight excluding hydrogens is 726 g/mol. The first-order valence-electron chi connectivity index (χ1n) is 16.5. The minimum absolute atomic E-state index is 0.0123. The van der Waals surface area contributed by atoms with Crippen molar-refractivity contribution in [3.8, 4) is 17.3 Å². The fourth-order valence-electron chi connectivity index (χ4n) is 6.53. The van der Waals surface area contributed by atoms with Crippen LogP contribution in [0.2, 0.25) is 10.0 Å². The van der Waals surface area contributed by atoms with Crippen molar-refractivity contribution in [1.29, 1.82) is 5.26 Å². The van der Waals surface area contributed by atoms with E-state index in [1.54, 1.807) is 67.4 Å². The molecule has 3 atom stereocenters. The van der Waals surface area contributed by atoms with E-state index in [1.807, 2.05) is 0 Å². The maximum Gasteiger partial charge on any atom is 0.270 e. The van der Waals surface area contributed by atoms with Crippen molar-refractivity contribution in [1.82, 2.24) is 40.2 Å². The number of rotatable bonds is 10. The number of hydrogen-bond donors (Lipinski definition) is 3. The van der Waals surface area contributed by atoms with Crippen molar-refractivity contribution in [2.45, 2.75) is 56.3 Å². The summed E-state index contributed by atoms with van der Waals surface area (Å²) in [5, 5.41) is 37.8. The SMILES string of the molecule is C[C@@H](O)[C@H](NC(=O)c1cnc2n1[C@](C)(Cc1ccc(C#N)cc1)C(=O)N2c1cc(Cl)c(F)c(Cl)c1)C(=O)NC1(c2ccc(-c3cnn(C)c3)nn2)CC1. The van der Waals surface area contributed by atoms with Crippen molar-refractivity contribution in [2.75, 3.05) is 4.90 Å². The largest absolute Gasteiger partial charge is 0.391 e. The van der Waals surface area contributed by atoms with Crippen LogP contribution in [0, 0.1) is 17.1 Å². The number of anilines is 2. The van der Waals surface area contributed by atoms with Crippen LogP contribution in [-0.2, 0) is 34.1 Å². The molecule has 0 saturated heterocycles. The maximum atomic E-state index is 14.4. The Kier molecular flexibility index (Phi) is 9.01. The van der Waals surface area contributed by atoms with Gasteiger partial charge in [0.05, 0.1) is 62.8 Å². The van der Waals surface area contributed by atoms with Gasteiger partial charge in [-0.05, 0) is 68.7 Å². The molecule has 1 fully saturated rings. The lowest BCUT2D eigenvalue weighted by molar-refractivity contribution is -0.126. The summed E-state index contributed by atoms with van der Waals surface area (Å²) in [6.07, 6.45) is 4.57. The Morgan fingerprint density at radius 3 is 2.36 bits per heavy atom. The number of nitriles is 1. The smallest absolute Gasteiger partial charge is 0.270 e. The van der Waals surface area contributed by atoms with Crippen molar-refractivity contribution < 1.29 is 23.9 Å². The van der Waals surface area contributed by atoms with E-state index in [-0.39, 0.29) is 33.8 Å². The summed E-state index contributed by atoms with van der Waals surface area (Å²) >= 11 is 12.2. The molecule has 3 amide bonds. The molecule has 0 spiro atoms. The number of carbonyl (C=O) groups excluding carboxylic acids is 3. The molecule has 17 heteroatoms. The summed E-state index contributed by atoms with van der Waals surface area (Å²) in [5.74, 6) is -2.84. The quantitative estimate of drug-likeness (QED) is 0.175. The summed E-state index contributed by atoms with van der Waals surface area (Å²) < 4.78 is 17.5. The summed E-state index contributed by atoms with van der Waals surface area (Å²) in [7, 11) is 1.79. The molecule has 14 nitrogen and oxygen atoms in total. The molecule has 0 radical (unpaired) electrons. The van der Waals surface area contributed by atoms with Gasteiger partial charge in [-0.15, -0.1) is 0 Å². The van der Waals surface area contributed by atoms with Gasteiger partial charge >= 0.3 is 0 Å². The first kappa shape index (κ1) is 35.7. The number of halogens is 3. The van der Waals surface area contributed by atoms with Crippen molar-refractivity contribution in [2.24, 2.45) is 7.05 Å². The second-order valence-corrected chi connectivity index (χ2v) is 14.2. The van der Waals surface area contributed by atoms with Gasteiger partial charge in [0.25, 0.3) is 11.8 Å². The number of nitrogens with one attached hydrogen (secondary N) is 2. The fraction of sp³-hybridized carbons (Fsp3) is 0.278. The zero-order chi connectivity index (χ0) is 37.8. The third-order valence-corrected chi connectivity index (χ3v) is 10.1. The maximum absolute atomic E-state index is 14.4. The topological polar surface area (TPSA) is 184 Å². The molecule has 1 saturated carbocycles. The highest BCUT2D eigenvalue weighted by molar-refractivity contribution is 6.35. The van der Waals surface area contributed by atoms with Crippen LogP contribution in [0.5, 0.6) is 0 Å². The summed E-state index contributed by atoms with van der Waals surface area (Å²) in [6, 6.07) is 13.3. The Morgan fingerprint density at radius 2 is 1.79 bits per heavy atom. The molecule has 270 valence electrons. The summed E-state index contributed by atoms with van der Waals surface area (Å²) in [6.45, 7) is 2.98. The van der Waals surface area contributed by atoms with Crippen LogP contribution in [0.3, 0.4) is 0 Å². The predicted molar refractivity (Wildman–Crippen MR) is 191 cm³/mol. The minimum atomic E-state index is -1.50. The molecule has 7 rings (SSSR count). The number of carbonyl (C=O) groups is 3. The van der Waals surface area contributed by atoms with Crippen LogP contribution in [0.25, 0.3) is 11.3 Å². The van der Waals surface area contributed by atoms with E-state index in [0.717, 1.165) is 5.56 Å². The first-order chi connectivity index (χ1) is 25.2. The van der Waals surface area contributed by atoms with E-state index in [4.69, 9.17) is 23.2 Å². The van der Waals surface area contributed by atoms with Gasteiger partial charge in [-0.3, -0.25) is 23.6 Å². The van der Waals surface area contributed by atoms with Crippen LogP contribution in [0.1, 0.15) is 54.0 Å². The molecule has 1 aliphatic heterocycles. The number of amides is 3. The Bertz CT molecular complexity index is 2290. The van der Waals surface area contributed by atoms with Crippen molar-refractivity contribution in [3.05, 3.63) is 105 Å². The molecule has 53 heavy (non-hydrogen) atoms. The van der Waals surface area contributed by atoms with Crippen molar-refractivity contribution in [3.63, 3.8) is 0 Å². The number of benzene rings is 2. The third kappa shape index (κ3) is 6.39. The Hall–Kier alpha value is -5.69. The Balaban J connectivity index is 1.18. The van der Waals surface area contributed by atoms with Crippen molar-refractivity contribution >= 4 is 52.6 Å². The van der Waals surface area contributed by atoms with Gasteiger partial charge in [0.15, 0.2) is 5.82 Å². The number of imidazole rings is 1. The van der Waals surface area contributed by atoms with E-state index < -0.39 is 46.8 Å². The monoisotopic (exact) mass is 756 g/mol. The number of hydrogen-bond acceptors (Lipinski definition) is 9. The third-order valence-electron chi connectivity index (χ3n) is 9.51. The lowest BCUT2D eigenvalue weighted by Gasteiger charge is -2.28. The Morgan fingerprint density at radius 1 is 1.09 bits per heavy atom. The first-order valence-corrected chi connectivity index (χ1v) is 17.2. The highest BCUT2D eigenvalue weighted by Gasteiger charge is 2.52. The van der Waals surface area contributed by atoms with Crippen LogP contribution in [-0.4, -0.2) is 64.5 Å².